The summed E-state index contributed by atoms with van der Waals surface area (Å²) in [4.78, 5) is 11.4. The van der Waals surface area contributed by atoms with Gasteiger partial charge in [0.05, 0.1) is 0 Å². The molecule has 2 fully saturated rings. The lowest BCUT2D eigenvalue weighted by Gasteiger charge is -2.41. The first-order valence-electron chi connectivity index (χ1n) is 8.24. The second-order valence-corrected chi connectivity index (χ2v) is 7.35. The number of hydrogen-bond acceptors (Lipinski definition) is 3. The molecule has 0 aromatic carbocycles. The molecule has 0 bridgehead atoms. The van der Waals surface area contributed by atoms with Crippen molar-refractivity contribution in [1.29, 1.82) is 0 Å². The van der Waals surface area contributed by atoms with Crippen LogP contribution < -0.4 is 0 Å². The predicted octanol–water partition coefficient (Wildman–Crippen LogP) is 3.24. The molecule has 0 aromatic heterocycles. The zero-order valence-electron chi connectivity index (χ0n) is 13.0. The minimum atomic E-state index is -0.960. The summed E-state index contributed by atoms with van der Waals surface area (Å²) in [5.41, 5.74) is 2.18. The van der Waals surface area contributed by atoms with Crippen molar-refractivity contribution in [2.24, 2.45) is 23.7 Å². The number of fused-ring (bicyclic) bond motifs is 1. The molecule has 3 nitrogen and oxygen atoms in total. The molecule has 3 heteroatoms. The van der Waals surface area contributed by atoms with Crippen LogP contribution in [-0.2, 0) is 9.53 Å². The second-order valence-electron chi connectivity index (χ2n) is 7.35. The highest BCUT2D eigenvalue weighted by molar-refractivity contribution is 5.77. The molecule has 1 N–H and O–H groups in total. The highest BCUT2D eigenvalue weighted by Gasteiger charge is 2.40. The first-order chi connectivity index (χ1) is 9.95. The third kappa shape index (κ3) is 2.80. The van der Waals surface area contributed by atoms with E-state index in [1.165, 1.54) is 19.3 Å². The molecular weight excluding hydrogens is 264 g/mol. The zero-order valence-corrected chi connectivity index (χ0v) is 13.0. The van der Waals surface area contributed by atoms with Gasteiger partial charge in [-0.3, -0.25) is 0 Å². The van der Waals surface area contributed by atoms with E-state index in [9.17, 15) is 9.90 Å². The van der Waals surface area contributed by atoms with Crippen LogP contribution in [0.1, 0.15) is 46.0 Å². The van der Waals surface area contributed by atoms with Crippen molar-refractivity contribution in [3.8, 4) is 0 Å². The van der Waals surface area contributed by atoms with Gasteiger partial charge in [-0.15, -0.1) is 0 Å². The maximum absolute atomic E-state index is 11.4. The molecule has 0 radical (unpaired) electrons. The van der Waals surface area contributed by atoms with E-state index in [0.717, 1.165) is 29.4 Å². The van der Waals surface area contributed by atoms with Gasteiger partial charge in [-0.2, -0.15) is 0 Å². The molecule has 5 atom stereocenters. The highest BCUT2D eigenvalue weighted by Crippen LogP contribution is 2.46. The number of cyclic esters (lactones) is 1. The van der Waals surface area contributed by atoms with Gasteiger partial charge >= 0.3 is 5.97 Å². The summed E-state index contributed by atoms with van der Waals surface area (Å²) in [5.74, 6) is 2.40. The normalized spacial score (nSPS) is 40.0. The van der Waals surface area contributed by atoms with Crippen LogP contribution in [0.4, 0.5) is 0 Å². The smallest absolute Gasteiger partial charge is 0.335 e. The first kappa shape index (κ1) is 14.8. The largest absolute Gasteiger partial charge is 0.455 e. The standard InChI is InChI=1S/C18H26O3/c1-10(2)12-4-5-13-8-15(11(3)6-14(13)7-12)17-9-16(19)18(20)21-17/h8,10,12-14,16-17,19H,3-7,9H2,1-2H3/t12-,13+,14-,16-,17-/m1/s1. The number of allylic oxidation sites excluding steroid dienone is 1. The van der Waals surface area contributed by atoms with Gasteiger partial charge < -0.3 is 9.84 Å². The Morgan fingerprint density at radius 1 is 1.33 bits per heavy atom. The summed E-state index contributed by atoms with van der Waals surface area (Å²) in [6.07, 6.45) is 6.28. The minimum Gasteiger partial charge on any atom is -0.455 e. The lowest BCUT2D eigenvalue weighted by molar-refractivity contribution is -0.146. The van der Waals surface area contributed by atoms with Crippen molar-refractivity contribution in [3.05, 3.63) is 23.8 Å². The van der Waals surface area contributed by atoms with E-state index in [-0.39, 0.29) is 6.10 Å². The Labute approximate surface area is 127 Å². The summed E-state index contributed by atoms with van der Waals surface area (Å²) in [5, 5.41) is 9.58. The number of aliphatic hydroxyl groups excluding tert-OH is 1. The van der Waals surface area contributed by atoms with Gasteiger partial charge in [0.25, 0.3) is 0 Å². The molecule has 0 spiro atoms. The molecule has 1 saturated heterocycles. The SMILES string of the molecule is C=C1C[C@@H]2C[C@H](C(C)C)CC[C@H]2C=C1[C@H]1C[C@@H](O)C(=O)O1. The van der Waals surface area contributed by atoms with E-state index < -0.39 is 12.1 Å². The van der Waals surface area contributed by atoms with Crippen molar-refractivity contribution >= 4 is 5.97 Å². The van der Waals surface area contributed by atoms with Crippen LogP contribution in [0.15, 0.2) is 23.8 Å². The Morgan fingerprint density at radius 3 is 2.71 bits per heavy atom. The first-order valence-corrected chi connectivity index (χ1v) is 8.24. The lowest BCUT2D eigenvalue weighted by Crippen LogP contribution is -2.31. The molecule has 0 amide bonds. The van der Waals surface area contributed by atoms with Crippen LogP contribution in [0.3, 0.4) is 0 Å². The van der Waals surface area contributed by atoms with Gasteiger partial charge in [-0.05, 0) is 60.5 Å². The molecule has 0 aromatic rings. The van der Waals surface area contributed by atoms with Crippen LogP contribution in [0, 0.1) is 23.7 Å². The van der Waals surface area contributed by atoms with E-state index in [1.807, 2.05) is 0 Å². The molecule has 1 heterocycles. The van der Waals surface area contributed by atoms with Gasteiger partial charge in [-0.25, -0.2) is 4.79 Å². The minimum absolute atomic E-state index is 0.274. The third-order valence-electron chi connectivity index (χ3n) is 5.65. The third-order valence-corrected chi connectivity index (χ3v) is 5.65. The maximum Gasteiger partial charge on any atom is 0.335 e. The lowest BCUT2D eigenvalue weighted by atomic mass is 9.65. The van der Waals surface area contributed by atoms with Crippen LogP contribution in [-0.4, -0.2) is 23.3 Å². The van der Waals surface area contributed by atoms with Crippen molar-refractivity contribution in [2.75, 3.05) is 0 Å². The summed E-state index contributed by atoms with van der Waals surface area (Å²) in [6, 6.07) is 0. The van der Waals surface area contributed by atoms with Crippen LogP contribution in [0.25, 0.3) is 0 Å². The Hall–Kier alpha value is -1.09. The molecule has 2 aliphatic carbocycles. The van der Waals surface area contributed by atoms with Crippen molar-refractivity contribution < 1.29 is 14.6 Å². The van der Waals surface area contributed by atoms with Crippen LogP contribution in [0.2, 0.25) is 0 Å². The fourth-order valence-corrected chi connectivity index (χ4v) is 4.26. The summed E-state index contributed by atoms with van der Waals surface area (Å²) in [7, 11) is 0. The zero-order chi connectivity index (χ0) is 15.1. The number of ether oxygens (including phenoxy) is 1. The summed E-state index contributed by atoms with van der Waals surface area (Å²) >= 11 is 0. The Kier molecular flexibility index (Phi) is 3.96. The molecule has 3 aliphatic rings. The average molecular weight is 290 g/mol. The number of carbonyl (C=O) groups is 1. The molecule has 3 rings (SSSR count). The van der Waals surface area contributed by atoms with Gasteiger partial charge in [0.1, 0.15) is 6.10 Å². The Balaban J connectivity index is 1.74. The molecular formula is C18H26O3. The molecule has 1 saturated carbocycles. The molecule has 1 aliphatic heterocycles. The van der Waals surface area contributed by atoms with Crippen molar-refractivity contribution in [2.45, 2.75) is 58.2 Å². The summed E-state index contributed by atoms with van der Waals surface area (Å²) < 4.78 is 5.30. The second kappa shape index (κ2) is 5.60. The fourth-order valence-electron chi connectivity index (χ4n) is 4.26. The monoisotopic (exact) mass is 290 g/mol. The molecule has 21 heavy (non-hydrogen) atoms. The number of aliphatic hydroxyl groups is 1. The summed E-state index contributed by atoms with van der Waals surface area (Å²) in [6.45, 7) is 8.86. The fraction of sp³-hybridized carbons (Fsp3) is 0.722. The molecule has 0 unspecified atom stereocenters. The van der Waals surface area contributed by atoms with Crippen molar-refractivity contribution in [3.63, 3.8) is 0 Å². The van der Waals surface area contributed by atoms with Gasteiger partial charge in [0, 0.05) is 6.42 Å². The number of carbonyl (C=O) groups excluding carboxylic acids is 1. The van der Waals surface area contributed by atoms with E-state index in [0.29, 0.717) is 18.3 Å². The van der Waals surface area contributed by atoms with Gasteiger partial charge in [0.15, 0.2) is 6.10 Å². The van der Waals surface area contributed by atoms with Gasteiger partial charge in [-0.1, -0.05) is 26.5 Å². The molecule has 116 valence electrons. The van der Waals surface area contributed by atoms with Gasteiger partial charge in [0.2, 0.25) is 0 Å². The van der Waals surface area contributed by atoms with E-state index >= 15 is 0 Å². The maximum atomic E-state index is 11.4. The topological polar surface area (TPSA) is 46.5 Å². The van der Waals surface area contributed by atoms with E-state index in [4.69, 9.17) is 4.74 Å². The quantitative estimate of drug-likeness (QED) is 0.794. The average Bonchev–Trinajstić information content (AvgIpc) is 2.77. The number of esters is 1. The predicted molar refractivity (Wildman–Crippen MR) is 81.5 cm³/mol. The van der Waals surface area contributed by atoms with E-state index in [2.05, 4.69) is 26.5 Å². The van der Waals surface area contributed by atoms with Crippen molar-refractivity contribution in [1.82, 2.24) is 0 Å². The Bertz CT molecular complexity index is 477. The highest BCUT2D eigenvalue weighted by atomic mass is 16.6. The number of rotatable bonds is 2. The van der Waals surface area contributed by atoms with Crippen LogP contribution >= 0.6 is 0 Å². The van der Waals surface area contributed by atoms with E-state index in [1.54, 1.807) is 0 Å². The van der Waals surface area contributed by atoms with Crippen LogP contribution in [0.5, 0.6) is 0 Å². The Morgan fingerprint density at radius 2 is 2.10 bits per heavy atom. The number of hydrogen-bond donors (Lipinski definition) is 1.